The van der Waals surface area contributed by atoms with Crippen molar-refractivity contribution in [2.75, 3.05) is 25.5 Å². The van der Waals surface area contributed by atoms with Crippen LogP contribution in [0.3, 0.4) is 0 Å². The van der Waals surface area contributed by atoms with E-state index in [-0.39, 0.29) is 0 Å². The molecule has 3 rings (SSSR count). The summed E-state index contributed by atoms with van der Waals surface area (Å²) in [6, 6.07) is 0. The lowest BCUT2D eigenvalue weighted by Gasteiger charge is -2.15. The van der Waals surface area contributed by atoms with Crippen molar-refractivity contribution in [1.29, 1.82) is 0 Å². The van der Waals surface area contributed by atoms with Crippen LogP contribution in [0, 0.1) is 25.7 Å². The average Bonchev–Trinajstić information content (AvgIpc) is 2.90. The van der Waals surface area contributed by atoms with Crippen LogP contribution in [0.5, 0.6) is 0 Å². The normalized spacial score (nSPS) is 23.1. The van der Waals surface area contributed by atoms with Gasteiger partial charge >= 0.3 is 0 Å². The molecular weight excluding hydrogens is 280 g/mol. The van der Waals surface area contributed by atoms with Crippen molar-refractivity contribution in [1.82, 2.24) is 14.9 Å². The Morgan fingerprint density at radius 1 is 1.19 bits per heavy atom. The van der Waals surface area contributed by atoms with Crippen molar-refractivity contribution < 1.29 is 0 Å². The summed E-state index contributed by atoms with van der Waals surface area (Å²) in [4.78, 5) is 14.5. The van der Waals surface area contributed by atoms with E-state index in [9.17, 15) is 0 Å². The Morgan fingerprint density at radius 2 is 1.86 bits per heavy atom. The van der Waals surface area contributed by atoms with Crippen molar-refractivity contribution in [3.05, 3.63) is 16.3 Å². The maximum atomic E-state index is 4.80. The maximum Gasteiger partial charge on any atom is 0.146 e. The summed E-state index contributed by atoms with van der Waals surface area (Å²) in [5, 5.41) is 4.43. The third-order valence-corrected chi connectivity index (χ3v) is 5.84. The second-order valence-corrected chi connectivity index (χ2v) is 7.55. The number of aromatic nitrogens is 2. The molecule has 5 heteroatoms. The molecule has 0 saturated carbocycles. The minimum absolute atomic E-state index is 0.767. The molecule has 0 aromatic carbocycles. The minimum atomic E-state index is 0.767. The summed E-state index contributed by atoms with van der Waals surface area (Å²) in [6.45, 7) is 12.1. The zero-order valence-electron chi connectivity index (χ0n) is 13.5. The minimum Gasteiger partial charge on any atom is -0.372 e. The number of thiophene rings is 1. The van der Waals surface area contributed by atoms with Gasteiger partial charge < -0.3 is 5.32 Å². The van der Waals surface area contributed by atoms with Crippen LogP contribution >= 0.6 is 11.3 Å². The highest BCUT2D eigenvalue weighted by molar-refractivity contribution is 7.18. The number of nitrogens with zero attached hydrogens (tertiary/aromatic N) is 3. The SMILES string of the molecule is CNc1nc(CN2CC(C)C(C)C2)nc2sc(C)c(C)c12. The van der Waals surface area contributed by atoms with Crippen LogP contribution in [0.4, 0.5) is 5.82 Å². The van der Waals surface area contributed by atoms with E-state index in [4.69, 9.17) is 9.97 Å². The van der Waals surface area contributed by atoms with E-state index in [1.54, 1.807) is 11.3 Å². The molecule has 114 valence electrons. The van der Waals surface area contributed by atoms with Gasteiger partial charge in [-0.05, 0) is 31.2 Å². The van der Waals surface area contributed by atoms with E-state index < -0.39 is 0 Å². The molecule has 2 aromatic rings. The van der Waals surface area contributed by atoms with Gasteiger partial charge in [0.2, 0.25) is 0 Å². The van der Waals surface area contributed by atoms with E-state index in [2.05, 4.69) is 37.9 Å². The van der Waals surface area contributed by atoms with Crippen molar-refractivity contribution in [2.45, 2.75) is 34.2 Å². The quantitative estimate of drug-likeness (QED) is 0.943. The number of fused-ring (bicyclic) bond motifs is 1. The number of anilines is 1. The van der Waals surface area contributed by atoms with Gasteiger partial charge in [-0.1, -0.05) is 13.8 Å². The molecule has 1 fully saturated rings. The number of likely N-dealkylation sites (tertiary alicyclic amines) is 1. The first-order valence-electron chi connectivity index (χ1n) is 7.66. The van der Waals surface area contributed by atoms with Crippen LogP contribution in [0.1, 0.15) is 30.1 Å². The van der Waals surface area contributed by atoms with E-state index in [1.165, 1.54) is 15.8 Å². The number of hydrogen-bond donors (Lipinski definition) is 1. The predicted octanol–water partition coefficient (Wildman–Crippen LogP) is 3.44. The molecule has 21 heavy (non-hydrogen) atoms. The van der Waals surface area contributed by atoms with Crippen molar-refractivity contribution in [3.8, 4) is 0 Å². The van der Waals surface area contributed by atoms with Gasteiger partial charge in [-0.3, -0.25) is 4.90 Å². The molecule has 4 nitrogen and oxygen atoms in total. The van der Waals surface area contributed by atoms with Crippen LogP contribution in [-0.4, -0.2) is 35.0 Å². The van der Waals surface area contributed by atoms with E-state index >= 15 is 0 Å². The number of aryl methyl sites for hydroxylation is 2. The molecule has 0 amide bonds. The molecule has 3 heterocycles. The van der Waals surface area contributed by atoms with Crippen LogP contribution in [-0.2, 0) is 6.54 Å². The van der Waals surface area contributed by atoms with E-state index in [0.29, 0.717) is 0 Å². The van der Waals surface area contributed by atoms with Gasteiger partial charge in [0.1, 0.15) is 16.5 Å². The molecule has 0 radical (unpaired) electrons. The lowest BCUT2D eigenvalue weighted by atomic mass is 10.0. The Hall–Kier alpha value is -1.20. The molecule has 1 aliphatic heterocycles. The Morgan fingerprint density at radius 3 is 2.48 bits per heavy atom. The zero-order valence-corrected chi connectivity index (χ0v) is 14.3. The molecule has 0 aliphatic carbocycles. The first-order valence-corrected chi connectivity index (χ1v) is 8.48. The summed E-state index contributed by atoms with van der Waals surface area (Å²) in [7, 11) is 1.94. The fourth-order valence-electron chi connectivity index (χ4n) is 3.12. The Kier molecular flexibility index (Phi) is 3.88. The molecule has 2 atom stereocenters. The zero-order chi connectivity index (χ0) is 15.1. The third-order valence-electron chi connectivity index (χ3n) is 4.74. The Labute approximate surface area is 130 Å². The summed E-state index contributed by atoms with van der Waals surface area (Å²) in [5.74, 6) is 3.44. The second kappa shape index (κ2) is 5.54. The standard InChI is InChI=1S/C16H24N4S/c1-9-6-20(7-10(9)2)8-13-18-15(17-5)14-11(3)12(4)21-16(14)19-13/h9-10H,6-8H2,1-5H3,(H,17,18,19). The predicted molar refractivity (Wildman–Crippen MR) is 90.0 cm³/mol. The summed E-state index contributed by atoms with van der Waals surface area (Å²) in [5.41, 5.74) is 1.30. The van der Waals surface area contributed by atoms with Crippen molar-refractivity contribution in [3.63, 3.8) is 0 Å². The molecular formula is C16H24N4S. The molecule has 1 aliphatic rings. The van der Waals surface area contributed by atoms with Gasteiger partial charge in [0.15, 0.2) is 0 Å². The van der Waals surface area contributed by atoms with E-state index in [1.807, 2.05) is 7.05 Å². The molecule has 2 unspecified atom stereocenters. The number of nitrogens with one attached hydrogen (secondary N) is 1. The lowest BCUT2D eigenvalue weighted by molar-refractivity contribution is 0.308. The molecule has 1 N–H and O–H groups in total. The van der Waals surface area contributed by atoms with Gasteiger partial charge in [0, 0.05) is 25.0 Å². The molecule has 0 bridgehead atoms. The van der Waals surface area contributed by atoms with Gasteiger partial charge in [0.25, 0.3) is 0 Å². The van der Waals surface area contributed by atoms with Crippen LogP contribution in [0.2, 0.25) is 0 Å². The van der Waals surface area contributed by atoms with Gasteiger partial charge in [-0.25, -0.2) is 9.97 Å². The van der Waals surface area contributed by atoms with Crippen molar-refractivity contribution >= 4 is 27.4 Å². The fraction of sp³-hybridized carbons (Fsp3) is 0.625. The van der Waals surface area contributed by atoms with Gasteiger partial charge in [-0.2, -0.15) is 0 Å². The first-order chi connectivity index (χ1) is 9.99. The summed E-state index contributed by atoms with van der Waals surface area (Å²) < 4.78 is 0. The molecule has 0 spiro atoms. The summed E-state index contributed by atoms with van der Waals surface area (Å²) >= 11 is 1.77. The number of hydrogen-bond acceptors (Lipinski definition) is 5. The van der Waals surface area contributed by atoms with Crippen LogP contribution in [0.25, 0.3) is 10.2 Å². The average molecular weight is 304 g/mol. The maximum absolute atomic E-state index is 4.80. The molecule has 1 saturated heterocycles. The second-order valence-electron chi connectivity index (χ2n) is 6.35. The smallest absolute Gasteiger partial charge is 0.146 e. The fourth-order valence-corrected chi connectivity index (χ4v) is 4.17. The van der Waals surface area contributed by atoms with Crippen LogP contribution < -0.4 is 5.32 Å². The highest BCUT2D eigenvalue weighted by atomic mass is 32.1. The molecule has 2 aromatic heterocycles. The highest BCUT2D eigenvalue weighted by Gasteiger charge is 2.26. The monoisotopic (exact) mass is 304 g/mol. The van der Waals surface area contributed by atoms with Crippen LogP contribution in [0.15, 0.2) is 0 Å². The topological polar surface area (TPSA) is 41.1 Å². The van der Waals surface area contributed by atoms with Crippen molar-refractivity contribution in [2.24, 2.45) is 11.8 Å². The number of rotatable bonds is 3. The summed E-state index contributed by atoms with van der Waals surface area (Å²) in [6.07, 6.45) is 0. The highest BCUT2D eigenvalue weighted by Crippen LogP contribution is 2.33. The third kappa shape index (κ3) is 2.64. The van der Waals surface area contributed by atoms with Gasteiger partial charge in [0.05, 0.1) is 11.9 Å². The van der Waals surface area contributed by atoms with Gasteiger partial charge in [-0.15, -0.1) is 11.3 Å². The Balaban J connectivity index is 1.93. The van der Waals surface area contributed by atoms with E-state index in [0.717, 1.165) is 47.9 Å². The lowest BCUT2D eigenvalue weighted by Crippen LogP contribution is -2.21. The largest absolute Gasteiger partial charge is 0.372 e. The Bertz CT molecular complexity index is 654. The first kappa shape index (κ1) is 14.7.